The topological polar surface area (TPSA) is 49.5 Å². The van der Waals surface area contributed by atoms with Crippen molar-refractivity contribution in [3.63, 3.8) is 0 Å². The van der Waals surface area contributed by atoms with Gasteiger partial charge >= 0.3 is 5.97 Å². The van der Waals surface area contributed by atoms with E-state index in [1.807, 2.05) is 40.8 Å². The van der Waals surface area contributed by atoms with Crippen LogP contribution in [0.5, 0.6) is 5.75 Å². The second-order valence-corrected chi connectivity index (χ2v) is 7.13. The maximum Gasteiger partial charge on any atom is 0.343 e. The molecule has 4 heteroatoms. The zero-order chi connectivity index (χ0) is 16.2. The first-order chi connectivity index (χ1) is 9.47. The minimum Gasteiger partial charge on any atom is -0.507 e. The summed E-state index contributed by atoms with van der Waals surface area (Å²) in [6.45, 7) is 11.6. The summed E-state index contributed by atoms with van der Waals surface area (Å²) < 4.78 is 7.53. The van der Waals surface area contributed by atoms with E-state index in [9.17, 15) is 9.90 Å². The smallest absolute Gasteiger partial charge is 0.343 e. The van der Waals surface area contributed by atoms with Crippen molar-refractivity contribution >= 4 is 17.4 Å². The third-order valence-electron chi connectivity index (χ3n) is 4.16. The van der Waals surface area contributed by atoms with Crippen LogP contribution in [0.4, 0.5) is 5.69 Å². The molecule has 2 rings (SSSR count). The van der Waals surface area contributed by atoms with Crippen molar-refractivity contribution in [3.05, 3.63) is 23.3 Å². The number of phenols is 1. The summed E-state index contributed by atoms with van der Waals surface area (Å²) in [5, 5.41) is 10.2. The van der Waals surface area contributed by atoms with Crippen molar-refractivity contribution in [2.24, 2.45) is 0 Å². The minimum absolute atomic E-state index is 0.0285. The fourth-order valence-electron chi connectivity index (χ4n) is 2.81. The number of hydrogen-bond acceptors (Lipinski definition) is 3. The van der Waals surface area contributed by atoms with Gasteiger partial charge in [-0.25, -0.2) is 9.37 Å². The lowest BCUT2D eigenvalue weighted by Gasteiger charge is -2.23. The molecule has 0 unspecified atom stereocenters. The molecule has 0 aromatic heterocycles. The van der Waals surface area contributed by atoms with Crippen LogP contribution in [0.25, 0.3) is 0 Å². The number of nitrogens with zero attached hydrogens (tertiary/aromatic N) is 1. The lowest BCUT2D eigenvalue weighted by Crippen LogP contribution is -2.29. The molecule has 0 saturated carbocycles. The number of hydrogen-bond donors (Lipinski definition) is 1. The first-order valence-corrected chi connectivity index (χ1v) is 7.14. The molecule has 114 valence electrons. The first kappa shape index (κ1) is 15.5. The van der Waals surface area contributed by atoms with Crippen molar-refractivity contribution < 1.29 is 19.2 Å². The number of benzene rings is 1. The van der Waals surface area contributed by atoms with Gasteiger partial charge in [-0.1, -0.05) is 0 Å². The predicted molar refractivity (Wildman–Crippen MR) is 82.8 cm³/mol. The van der Waals surface area contributed by atoms with Gasteiger partial charge in [0.25, 0.3) is 0 Å². The summed E-state index contributed by atoms with van der Waals surface area (Å²) in [5.41, 5.74) is 2.26. The molecule has 4 nitrogen and oxygen atoms in total. The molecular formula is C17H24NO3+. The molecule has 1 aromatic carbocycles. The number of carbonyl (C=O) groups excluding carboxylic acids is 1. The monoisotopic (exact) mass is 290 g/mol. The van der Waals surface area contributed by atoms with Gasteiger partial charge in [-0.05, 0) is 40.7 Å². The van der Waals surface area contributed by atoms with Crippen LogP contribution in [0, 0.1) is 0 Å². The van der Waals surface area contributed by atoms with E-state index in [2.05, 4.69) is 18.4 Å². The van der Waals surface area contributed by atoms with Crippen LogP contribution in [-0.4, -0.2) is 34.0 Å². The fourth-order valence-corrected chi connectivity index (χ4v) is 2.81. The second kappa shape index (κ2) is 4.58. The number of fused-ring (bicyclic) bond motifs is 1. The number of ether oxygens (including phenoxy) is 1. The van der Waals surface area contributed by atoms with Gasteiger partial charge in [-0.15, -0.1) is 0 Å². The van der Waals surface area contributed by atoms with Gasteiger partial charge in [-0.2, -0.15) is 0 Å². The van der Waals surface area contributed by atoms with E-state index in [-0.39, 0.29) is 16.7 Å². The zero-order valence-corrected chi connectivity index (χ0v) is 13.9. The number of phenolic OH excluding ortho intramolecular Hbond substituents is 1. The first-order valence-electron chi connectivity index (χ1n) is 7.14. The second-order valence-electron chi connectivity index (χ2n) is 7.13. The largest absolute Gasteiger partial charge is 0.507 e. The summed E-state index contributed by atoms with van der Waals surface area (Å²) in [5.74, 6) is -0.507. The number of carbonyl (C=O) groups is 1. The summed E-state index contributed by atoms with van der Waals surface area (Å²) in [7, 11) is 1.97. The molecule has 0 spiro atoms. The van der Waals surface area contributed by atoms with E-state index < -0.39 is 11.6 Å². The van der Waals surface area contributed by atoms with Crippen molar-refractivity contribution in [3.8, 4) is 5.75 Å². The van der Waals surface area contributed by atoms with Gasteiger partial charge in [0.2, 0.25) is 5.69 Å². The Hall–Kier alpha value is -1.84. The van der Waals surface area contributed by atoms with E-state index in [1.54, 1.807) is 6.07 Å². The summed E-state index contributed by atoms with van der Waals surface area (Å²) in [4.78, 5) is 12.5. The van der Waals surface area contributed by atoms with Crippen LogP contribution in [-0.2, 0) is 10.2 Å². The van der Waals surface area contributed by atoms with Gasteiger partial charge in [0, 0.05) is 13.0 Å². The highest BCUT2D eigenvalue weighted by atomic mass is 16.6. The van der Waals surface area contributed by atoms with Crippen LogP contribution in [0.1, 0.15) is 57.5 Å². The standard InChI is InChI=1S/C17H23NO3/c1-10-17(5,6)14-11(18(10)7)8-9-12(19)13(14)15(20)21-16(2,3)4/h8-9H,1-7H3/p+1. The number of esters is 1. The lowest BCUT2D eigenvalue weighted by atomic mass is 9.79. The zero-order valence-electron chi connectivity index (χ0n) is 13.9. The molecule has 1 aliphatic rings. The molecule has 0 atom stereocenters. The van der Waals surface area contributed by atoms with E-state index in [0.29, 0.717) is 0 Å². The maximum atomic E-state index is 12.5. The van der Waals surface area contributed by atoms with Crippen LogP contribution in [0.2, 0.25) is 0 Å². The Balaban J connectivity index is 2.65. The third kappa shape index (κ3) is 2.43. The SMILES string of the molecule is CC1=[N+](C)c2ccc(O)c(C(=O)OC(C)(C)C)c2C1(C)C. The van der Waals surface area contributed by atoms with Crippen LogP contribution in [0.3, 0.4) is 0 Å². The number of aromatic hydroxyl groups is 1. The van der Waals surface area contributed by atoms with Crippen LogP contribution in [0.15, 0.2) is 12.1 Å². The van der Waals surface area contributed by atoms with Gasteiger partial charge in [0.1, 0.15) is 24.0 Å². The Morgan fingerprint density at radius 1 is 1.29 bits per heavy atom. The molecule has 0 radical (unpaired) electrons. The summed E-state index contributed by atoms with van der Waals surface area (Å²) in [6.07, 6.45) is 0. The highest BCUT2D eigenvalue weighted by Crippen LogP contribution is 2.44. The molecule has 21 heavy (non-hydrogen) atoms. The Labute approximate surface area is 126 Å². The van der Waals surface area contributed by atoms with Gasteiger partial charge in [0.15, 0.2) is 5.71 Å². The molecule has 0 aliphatic carbocycles. The van der Waals surface area contributed by atoms with E-state index >= 15 is 0 Å². The minimum atomic E-state index is -0.598. The van der Waals surface area contributed by atoms with E-state index in [4.69, 9.17) is 4.74 Å². The Kier molecular flexibility index (Phi) is 3.39. The highest BCUT2D eigenvalue weighted by Gasteiger charge is 2.46. The van der Waals surface area contributed by atoms with Crippen LogP contribution < -0.4 is 0 Å². The third-order valence-corrected chi connectivity index (χ3v) is 4.16. The molecule has 0 bridgehead atoms. The van der Waals surface area contributed by atoms with Crippen LogP contribution >= 0.6 is 0 Å². The Morgan fingerprint density at radius 3 is 2.38 bits per heavy atom. The Morgan fingerprint density at radius 2 is 1.86 bits per heavy atom. The summed E-state index contributed by atoms with van der Waals surface area (Å²) in [6, 6.07) is 3.40. The van der Waals surface area contributed by atoms with Crippen molar-refractivity contribution in [2.75, 3.05) is 7.05 Å². The molecule has 1 aliphatic heterocycles. The van der Waals surface area contributed by atoms with Crippen molar-refractivity contribution in [1.82, 2.24) is 0 Å². The van der Waals surface area contributed by atoms with Gasteiger partial charge in [-0.3, -0.25) is 0 Å². The normalized spacial score (nSPS) is 16.9. The molecule has 0 fully saturated rings. The van der Waals surface area contributed by atoms with Gasteiger partial charge < -0.3 is 9.84 Å². The molecule has 1 heterocycles. The van der Waals surface area contributed by atoms with Crippen molar-refractivity contribution in [1.29, 1.82) is 0 Å². The van der Waals surface area contributed by atoms with Crippen molar-refractivity contribution in [2.45, 2.75) is 52.6 Å². The maximum absolute atomic E-state index is 12.5. The molecule has 1 aromatic rings. The lowest BCUT2D eigenvalue weighted by molar-refractivity contribution is -0.403. The average molecular weight is 290 g/mol. The fraction of sp³-hybridized carbons (Fsp3) is 0.529. The molecule has 0 amide bonds. The average Bonchev–Trinajstić information content (AvgIpc) is 2.49. The Bertz CT molecular complexity index is 649. The predicted octanol–water partition coefficient (Wildman–Crippen LogP) is 3.37. The van der Waals surface area contributed by atoms with E-state index in [1.165, 1.54) is 0 Å². The van der Waals surface area contributed by atoms with Gasteiger partial charge in [0.05, 0.1) is 11.0 Å². The molecular weight excluding hydrogens is 266 g/mol. The van der Waals surface area contributed by atoms with E-state index in [0.717, 1.165) is 17.0 Å². The highest BCUT2D eigenvalue weighted by molar-refractivity contribution is 6.02. The number of rotatable bonds is 1. The molecule has 1 N–H and O–H groups in total. The summed E-state index contributed by atoms with van der Waals surface area (Å²) >= 11 is 0. The molecule has 0 saturated heterocycles. The quantitative estimate of drug-likeness (QED) is 0.637.